The number of ether oxygens (including phenoxy) is 1. The van der Waals surface area contributed by atoms with E-state index < -0.39 is 0 Å². The fourth-order valence-electron chi connectivity index (χ4n) is 3.16. The smallest absolute Gasteiger partial charge is 0.244 e. The highest BCUT2D eigenvalue weighted by Crippen LogP contribution is 2.31. The third-order valence-corrected chi connectivity index (χ3v) is 4.16. The first-order valence-corrected chi connectivity index (χ1v) is 6.98. The van der Waals surface area contributed by atoms with Crippen LogP contribution in [-0.2, 0) is 4.79 Å². The van der Waals surface area contributed by atoms with Crippen LogP contribution in [-0.4, -0.2) is 37.0 Å². The summed E-state index contributed by atoms with van der Waals surface area (Å²) >= 11 is 0. The molecule has 0 aromatic heterocycles. The summed E-state index contributed by atoms with van der Waals surface area (Å²) < 4.78 is 5.37. The van der Waals surface area contributed by atoms with Crippen LogP contribution in [0.2, 0.25) is 0 Å². The molecule has 1 aromatic rings. The van der Waals surface area contributed by atoms with Gasteiger partial charge in [0.1, 0.15) is 11.8 Å². The SMILES string of the molecule is COc1ccccc1C1NCC2CCCCN2C1=O. The van der Waals surface area contributed by atoms with Gasteiger partial charge < -0.3 is 9.64 Å². The van der Waals surface area contributed by atoms with Crippen LogP contribution in [0.3, 0.4) is 0 Å². The van der Waals surface area contributed by atoms with Gasteiger partial charge in [-0.25, -0.2) is 0 Å². The second kappa shape index (κ2) is 5.21. The van der Waals surface area contributed by atoms with Crippen LogP contribution in [0.1, 0.15) is 30.9 Å². The van der Waals surface area contributed by atoms with Gasteiger partial charge in [-0.1, -0.05) is 18.2 Å². The van der Waals surface area contributed by atoms with E-state index in [1.165, 1.54) is 6.42 Å². The molecular weight excluding hydrogens is 240 g/mol. The van der Waals surface area contributed by atoms with Crippen LogP contribution in [0.25, 0.3) is 0 Å². The molecule has 1 amide bonds. The largest absolute Gasteiger partial charge is 0.496 e. The molecule has 102 valence electrons. The van der Waals surface area contributed by atoms with Gasteiger partial charge >= 0.3 is 0 Å². The number of hydrogen-bond donors (Lipinski definition) is 1. The number of carbonyl (C=O) groups excluding carboxylic acids is 1. The lowest BCUT2D eigenvalue weighted by atomic mass is 9.94. The van der Waals surface area contributed by atoms with Gasteiger partial charge in [0.2, 0.25) is 5.91 Å². The summed E-state index contributed by atoms with van der Waals surface area (Å²) in [6.07, 6.45) is 3.48. The Kier molecular flexibility index (Phi) is 3.42. The standard InChI is InChI=1S/C15H20N2O2/c1-19-13-8-3-2-7-12(13)14-15(18)17-9-5-4-6-11(17)10-16-14/h2-3,7-8,11,14,16H,4-6,9-10H2,1H3. The van der Waals surface area contributed by atoms with Crippen molar-refractivity contribution < 1.29 is 9.53 Å². The molecule has 4 nitrogen and oxygen atoms in total. The molecule has 2 heterocycles. The van der Waals surface area contributed by atoms with E-state index in [0.29, 0.717) is 6.04 Å². The zero-order chi connectivity index (χ0) is 13.2. The number of rotatable bonds is 2. The summed E-state index contributed by atoms with van der Waals surface area (Å²) in [5.74, 6) is 0.976. The molecule has 0 radical (unpaired) electrons. The topological polar surface area (TPSA) is 41.6 Å². The van der Waals surface area contributed by atoms with Crippen molar-refractivity contribution >= 4 is 5.91 Å². The van der Waals surface area contributed by atoms with E-state index in [-0.39, 0.29) is 11.9 Å². The number of nitrogens with one attached hydrogen (secondary N) is 1. The monoisotopic (exact) mass is 260 g/mol. The van der Waals surface area contributed by atoms with Crippen molar-refractivity contribution in [2.45, 2.75) is 31.3 Å². The van der Waals surface area contributed by atoms with Crippen LogP contribution < -0.4 is 10.1 Å². The zero-order valence-corrected chi connectivity index (χ0v) is 11.3. The molecule has 2 atom stereocenters. The average molecular weight is 260 g/mol. The van der Waals surface area contributed by atoms with Crippen LogP contribution in [0.15, 0.2) is 24.3 Å². The van der Waals surface area contributed by atoms with Crippen molar-refractivity contribution in [3.63, 3.8) is 0 Å². The van der Waals surface area contributed by atoms with E-state index in [9.17, 15) is 4.79 Å². The van der Waals surface area contributed by atoms with Crippen LogP contribution in [0.4, 0.5) is 0 Å². The average Bonchev–Trinajstić information content (AvgIpc) is 2.48. The highest BCUT2D eigenvalue weighted by Gasteiger charge is 2.37. The first kappa shape index (κ1) is 12.5. The molecule has 0 saturated carbocycles. The van der Waals surface area contributed by atoms with Crippen molar-refractivity contribution in [2.75, 3.05) is 20.2 Å². The molecule has 2 aliphatic rings. The van der Waals surface area contributed by atoms with Crippen molar-refractivity contribution in [3.05, 3.63) is 29.8 Å². The minimum atomic E-state index is -0.259. The Morgan fingerprint density at radius 2 is 2.16 bits per heavy atom. The Morgan fingerprint density at radius 3 is 3.00 bits per heavy atom. The predicted molar refractivity (Wildman–Crippen MR) is 73.1 cm³/mol. The van der Waals surface area contributed by atoms with Gasteiger partial charge in [-0.05, 0) is 25.3 Å². The molecule has 4 heteroatoms. The Morgan fingerprint density at radius 1 is 1.32 bits per heavy atom. The van der Waals surface area contributed by atoms with Gasteiger partial charge in [-0.15, -0.1) is 0 Å². The summed E-state index contributed by atoms with van der Waals surface area (Å²) in [6, 6.07) is 7.89. The molecule has 2 aliphatic heterocycles. The maximum absolute atomic E-state index is 12.6. The lowest BCUT2D eigenvalue weighted by molar-refractivity contribution is -0.140. The number of piperazine rings is 1. The molecule has 1 N–H and O–H groups in total. The van der Waals surface area contributed by atoms with Gasteiger partial charge in [-0.3, -0.25) is 10.1 Å². The number of para-hydroxylation sites is 1. The highest BCUT2D eigenvalue weighted by molar-refractivity contribution is 5.85. The quantitative estimate of drug-likeness (QED) is 0.880. The lowest BCUT2D eigenvalue weighted by Crippen LogP contribution is -2.57. The number of nitrogens with zero attached hydrogens (tertiary/aromatic N) is 1. The first-order valence-electron chi connectivity index (χ1n) is 6.98. The molecule has 3 rings (SSSR count). The van der Waals surface area contributed by atoms with Gasteiger partial charge in [-0.2, -0.15) is 0 Å². The van der Waals surface area contributed by atoms with Crippen molar-refractivity contribution in [1.82, 2.24) is 10.2 Å². The van der Waals surface area contributed by atoms with Gasteiger partial charge in [0.25, 0.3) is 0 Å². The Bertz CT molecular complexity index is 475. The fraction of sp³-hybridized carbons (Fsp3) is 0.533. The summed E-state index contributed by atoms with van der Waals surface area (Å²) in [6.45, 7) is 1.78. The normalized spacial score (nSPS) is 27.0. The number of carbonyl (C=O) groups is 1. The molecule has 0 spiro atoms. The minimum Gasteiger partial charge on any atom is -0.496 e. The molecule has 19 heavy (non-hydrogen) atoms. The Labute approximate surface area is 113 Å². The third kappa shape index (κ3) is 2.21. The van der Waals surface area contributed by atoms with Crippen molar-refractivity contribution in [2.24, 2.45) is 0 Å². The van der Waals surface area contributed by atoms with E-state index in [2.05, 4.69) is 10.2 Å². The predicted octanol–water partition coefficient (Wildman–Crippen LogP) is 1.72. The zero-order valence-electron chi connectivity index (χ0n) is 11.3. The van der Waals surface area contributed by atoms with Gasteiger partial charge in [0.05, 0.1) is 7.11 Å². The number of hydrogen-bond acceptors (Lipinski definition) is 3. The number of fused-ring (bicyclic) bond motifs is 1. The number of benzene rings is 1. The summed E-state index contributed by atoms with van der Waals surface area (Å²) in [5.41, 5.74) is 0.944. The lowest BCUT2D eigenvalue weighted by Gasteiger charge is -2.43. The van der Waals surface area contributed by atoms with E-state index in [1.54, 1.807) is 7.11 Å². The number of amides is 1. The number of methoxy groups -OCH3 is 1. The molecule has 0 aliphatic carbocycles. The Balaban J connectivity index is 1.87. The molecule has 2 saturated heterocycles. The van der Waals surface area contributed by atoms with Crippen molar-refractivity contribution in [1.29, 1.82) is 0 Å². The van der Waals surface area contributed by atoms with Crippen LogP contribution >= 0.6 is 0 Å². The van der Waals surface area contributed by atoms with Gasteiger partial charge in [0, 0.05) is 24.7 Å². The van der Waals surface area contributed by atoms with Gasteiger partial charge in [0.15, 0.2) is 0 Å². The molecule has 1 aromatic carbocycles. The van der Waals surface area contributed by atoms with Crippen LogP contribution in [0, 0.1) is 0 Å². The van der Waals surface area contributed by atoms with E-state index >= 15 is 0 Å². The van der Waals surface area contributed by atoms with E-state index in [0.717, 1.165) is 37.2 Å². The maximum atomic E-state index is 12.6. The van der Waals surface area contributed by atoms with Crippen LogP contribution in [0.5, 0.6) is 5.75 Å². The van der Waals surface area contributed by atoms with E-state index in [4.69, 9.17) is 4.74 Å². The Hall–Kier alpha value is -1.55. The molecule has 2 unspecified atom stereocenters. The maximum Gasteiger partial charge on any atom is 0.244 e. The summed E-state index contributed by atoms with van der Waals surface area (Å²) in [4.78, 5) is 14.7. The second-order valence-electron chi connectivity index (χ2n) is 5.26. The minimum absolute atomic E-state index is 0.195. The van der Waals surface area contributed by atoms with Crippen molar-refractivity contribution in [3.8, 4) is 5.75 Å². The molecule has 2 fully saturated rings. The first-order chi connectivity index (χ1) is 9.31. The highest BCUT2D eigenvalue weighted by atomic mass is 16.5. The summed E-state index contributed by atoms with van der Waals surface area (Å²) in [5, 5.41) is 3.39. The third-order valence-electron chi connectivity index (χ3n) is 4.16. The fourth-order valence-corrected chi connectivity index (χ4v) is 3.16. The molecular formula is C15H20N2O2. The van der Waals surface area contributed by atoms with E-state index in [1.807, 2.05) is 24.3 Å². The number of piperidine rings is 1. The molecule has 0 bridgehead atoms. The second-order valence-corrected chi connectivity index (χ2v) is 5.26. The summed E-state index contributed by atoms with van der Waals surface area (Å²) in [7, 11) is 1.65.